The van der Waals surface area contributed by atoms with Gasteiger partial charge in [0.1, 0.15) is 6.54 Å². The number of nitrogens with zero attached hydrogens (tertiary/aromatic N) is 2. The summed E-state index contributed by atoms with van der Waals surface area (Å²) in [7, 11) is 0. The summed E-state index contributed by atoms with van der Waals surface area (Å²) < 4.78 is 1.46. The Kier molecular flexibility index (Phi) is 4.96. The third-order valence-corrected chi connectivity index (χ3v) is 5.02. The van der Waals surface area contributed by atoms with E-state index < -0.39 is 0 Å². The van der Waals surface area contributed by atoms with E-state index in [1.807, 2.05) is 19.2 Å². The van der Waals surface area contributed by atoms with E-state index in [0.29, 0.717) is 15.9 Å². The SMILES string of the molecule is CSc1nc2c(c(=O)n1CC(=O)Nc1cc(Cl)ccc1C)CCC2. The van der Waals surface area contributed by atoms with Crippen LogP contribution < -0.4 is 10.9 Å². The first-order valence-electron chi connectivity index (χ1n) is 7.72. The van der Waals surface area contributed by atoms with Crippen molar-refractivity contribution in [3.8, 4) is 0 Å². The first-order valence-corrected chi connectivity index (χ1v) is 9.32. The van der Waals surface area contributed by atoms with Crippen LogP contribution >= 0.6 is 23.4 Å². The Hall–Kier alpha value is -1.79. The van der Waals surface area contributed by atoms with Gasteiger partial charge in [0.25, 0.3) is 5.56 Å². The Morgan fingerprint density at radius 3 is 2.96 bits per heavy atom. The molecule has 0 bridgehead atoms. The zero-order chi connectivity index (χ0) is 17.3. The normalized spacial score (nSPS) is 13.0. The van der Waals surface area contributed by atoms with Crippen LogP contribution in [0.15, 0.2) is 28.2 Å². The maximum Gasteiger partial charge on any atom is 0.258 e. The number of hydrogen-bond donors (Lipinski definition) is 1. The average Bonchev–Trinajstić information content (AvgIpc) is 3.02. The van der Waals surface area contributed by atoms with Crippen molar-refractivity contribution in [2.45, 2.75) is 37.9 Å². The zero-order valence-electron chi connectivity index (χ0n) is 13.6. The Bertz CT molecular complexity index is 864. The molecule has 1 aromatic carbocycles. The molecule has 0 atom stereocenters. The van der Waals surface area contributed by atoms with Gasteiger partial charge in [-0.05, 0) is 50.1 Å². The summed E-state index contributed by atoms with van der Waals surface area (Å²) in [6.45, 7) is 1.84. The molecule has 0 unspecified atom stereocenters. The molecule has 3 rings (SSSR count). The van der Waals surface area contributed by atoms with E-state index >= 15 is 0 Å². The van der Waals surface area contributed by atoms with Gasteiger partial charge in [-0.15, -0.1) is 0 Å². The summed E-state index contributed by atoms with van der Waals surface area (Å²) in [5, 5.41) is 3.96. The van der Waals surface area contributed by atoms with Crippen LogP contribution in [-0.4, -0.2) is 21.7 Å². The van der Waals surface area contributed by atoms with Crippen molar-refractivity contribution in [1.82, 2.24) is 9.55 Å². The predicted octanol–water partition coefficient (Wildman–Crippen LogP) is 3.05. The van der Waals surface area contributed by atoms with Crippen LogP contribution in [0, 0.1) is 6.92 Å². The largest absolute Gasteiger partial charge is 0.324 e. The average molecular weight is 364 g/mol. The summed E-state index contributed by atoms with van der Waals surface area (Å²) in [6.07, 6.45) is 4.39. The third-order valence-electron chi connectivity index (χ3n) is 4.11. The number of thioether (sulfide) groups is 1. The van der Waals surface area contributed by atoms with Gasteiger partial charge in [0, 0.05) is 16.3 Å². The molecule has 7 heteroatoms. The van der Waals surface area contributed by atoms with Gasteiger partial charge in [0.05, 0.1) is 5.69 Å². The minimum absolute atomic E-state index is 0.0543. The summed E-state index contributed by atoms with van der Waals surface area (Å²) in [4.78, 5) is 29.6. The van der Waals surface area contributed by atoms with E-state index in [0.717, 1.165) is 36.1 Å². The van der Waals surface area contributed by atoms with Crippen LogP contribution in [0.4, 0.5) is 5.69 Å². The molecule has 1 aromatic heterocycles. The van der Waals surface area contributed by atoms with E-state index in [2.05, 4.69) is 10.3 Å². The van der Waals surface area contributed by atoms with Crippen molar-refractivity contribution in [3.05, 3.63) is 50.4 Å². The van der Waals surface area contributed by atoms with Crippen molar-refractivity contribution in [3.63, 3.8) is 0 Å². The maximum absolute atomic E-state index is 12.7. The number of rotatable bonds is 4. The van der Waals surface area contributed by atoms with Crippen molar-refractivity contribution in [1.29, 1.82) is 0 Å². The fourth-order valence-electron chi connectivity index (χ4n) is 2.86. The van der Waals surface area contributed by atoms with Crippen LogP contribution in [0.2, 0.25) is 5.02 Å². The lowest BCUT2D eigenvalue weighted by atomic mass is 10.2. The molecule has 0 saturated heterocycles. The van der Waals surface area contributed by atoms with Gasteiger partial charge in [-0.2, -0.15) is 0 Å². The van der Waals surface area contributed by atoms with Gasteiger partial charge in [-0.25, -0.2) is 4.98 Å². The second kappa shape index (κ2) is 6.99. The summed E-state index contributed by atoms with van der Waals surface area (Å²) >= 11 is 7.36. The number of fused-ring (bicyclic) bond motifs is 1. The van der Waals surface area contributed by atoms with Crippen molar-refractivity contribution in [2.75, 3.05) is 11.6 Å². The first-order chi connectivity index (χ1) is 11.5. The quantitative estimate of drug-likeness (QED) is 0.669. The molecular formula is C17H18ClN3O2S. The molecule has 1 aliphatic carbocycles. The molecule has 5 nitrogen and oxygen atoms in total. The van der Waals surface area contributed by atoms with Gasteiger partial charge in [0.2, 0.25) is 5.91 Å². The lowest BCUT2D eigenvalue weighted by Crippen LogP contribution is -2.32. The Labute approximate surface area is 149 Å². The molecule has 2 aromatic rings. The second-order valence-electron chi connectivity index (χ2n) is 5.78. The lowest BCUT2D eigenvalue weighted by Gasteiger charge is -2.13. The zero-order valence-corrected chi connectivity index (χ0v) is 15.1. The standard InChI is InChI=1S/C17H18ClN3O2S/c1-10-6-7-11(18)8-14(10)19-15(22)9-21-16(23)12-4-3-5-13(12)20-17(21)24-2/h6-8H,3-5,9H2,1-2H3,(H,19,22). The minimum atomic E-state index is -0.266. The Morgan fingerprint density at radius 1 is 1.42 bits per heavy atom. The number of hydrogen-bond acceptors (Lipinski definition) is 4. The number of carbonyl (C=O) groups is 1. The number of aryl methyl sites for hydroxylation is 2. The molecule has 1 amide bonds. The van der Waals surface area contributed by atoms with Gasteiger partial charge >= 0.3 is 0 Å². The van der Waals surface area contributed by atoms with E-state index in [1.165, 1.54) is 16.3 Å². The Morgan fingerprint density at radius 2 is 2.21 bits per heavy atom. The van der Waals surface area contributed by atoms with Crippen LogP contribution in [0.5, 0.6) is 0 Å². The van der Waals surface area contributed by atoms with E-state index in [-0.39, 0.29) is 18.0 Å². The molecule has 0 radical (unpaired) electrons. The summed E-state index contributed by atoms with van der Waals surface area (Å²) in [6, 6.07) is 5.32. The molecule has 126 valence electrons. The Balaban J connectivity index is 1.87. The third kappa shape index (κ3) is 3.35. The fraction of sp³-hybridized carbons (Fsp3) is 0.353. The summed E-state index contributed by atoms with van der Waals surface area (Å²) in [5.74, 6) is -0.266. The molecule has 24 heavy (non-hydrogen) atoms. The highest BCUT2D eigenvalue weighted by molar-refractivity contribution is 7.98. The van der Waals surface area contributed by atoms with Gasteiger partial charge < -0.3 is 5.32 Å². The molecular weight excluding hydrogens is 346 g/mol. The number of halogens is 1. The maximum atomic E-state index is 12.7. The van der Waals surface area contributed by atoms with Crippen molar-refractivity contribution < 1.29 is 4.79 Å². The smallest absolute Gasteiger partial charge is 0.258 e. The molecule has 1 heterocycles. The van der Waals surface area contributed by atoms with Crippen LogP contribution in [-0.2, 0) is 24.2 Å². The highest BCUT2D eigenvalue weighted by Crippen LogP contribution is 2.22. The van der Waals surface area contributed by atoms with Gasteiger partial charge in [-0.1, -0.05) is 29.4 Å². The molecule has 0 fully saturated rings. The van der Waals surface area contributed by atoms with E-state index in [1.54, 1.807) is 12.1 Å². The number of amides is 1. The number of benzene rings is 1. The summed E-state index contributed by atoms with van der Waals surface area (Å²) in [5.41, 5.74) is 3.10. The number of anilines is 1. The topological polar surface area (TPSA) is 64.0 Å². The predicted molar refractivity (Wildman–Crippen MR) is 97.1 cm³/mol. The van der Waals surface area contributed by atoms with Crippen LogP contribution in [0.1, 0.15) is 23.2 Å². The molecule has 1 N–H and O–H groups in total. The van der Waals surface area contributed by atoms with Crippen LogP contribution in [0.3, 0.4) is 0 Å². The first kappa shape index (κ1) is 17.0. The highest BCUT2D eigenvalue weighted by Gasteiger charge is 2.21. The van der Waals surface area contributed by atoms with Gasteiger partial charge in [-0.3, -0.25) is 14.2 Å². The van der Waals surface area contributed by atoms with Crippen LogP contribution in [0.25, 0.3) is 0 Å². The molecule has 0 aliphatic heterocycles. The van der Waals surface area contributed by atoms with Crippen molar-refractivity contribution >= 4 is 35.0 Å². The monoisotopic (exact) mass is 363 g/mol. The van der Waals surface area contributed by atoms with Gasteiger partial charge in [0.15, 0.2) is 5.16 Å². The van der Waals surface area contributed by atoms with E-state index in [4.69, 9.17) is 11.6 Å². The van der Waals surface area contributed by atoms with E-state index in [9.17, 15) is 9.59 Å². The number of nitrogens with one attached hydrogen (secondary N) is 1. The second-order valence-corrected chi connectivity index (χ2v) is 6.99. The minimum Gasteiger partial charge on any atom is -0.324 e. The fourth-order valence-corrected chi connectivity index (χ4v) is 3.61. The highest BCUT2D eigenvalue weighted by atomic mass is 35.5. The lowest BCUT2D eigenvalue weighted by molar-refractivity contribution is -0.116. The van der Waals surface area contributed by atoms with Crippen molar-refractivity contribution in [2.24, 2.45) is 0 Å². The molecule has 0 spiro atoms. The molecule has 1 aliphatic rings. The number of aromatic nitrogens is 2. The number of carbonyl (C=O) groups excluding carboxylic acids is 1. The molecule has 0 saturated carbocycles.